The fraction of sp³-hybridized carbons (Fsp3) is 0.455. The number of amides is 1. The minimum atomic E-state index is -0.504. The zero-order valence-corrected chi connectivity index (χ0v) is 19.3. The summed E-state index contributed by atoms with van der Waals surface area (Å²) in [4.78, 5) is 30.3. The molecule has 11 heteroatoms. The van der Waals surface area contributed by atoms with E-state index in [1.54, 1.807) is 7.11 Å². The Morgan fingerprint density at radius 1 is 1.24 bits per heavy atom. The van der Waals surface area contributed by atoms with Crippen molar-refractivity contribution in [3.05, 3.63) is 33.8 Å². The summed E-state index contributed by atoms with van der Waals surface area (Å²) in [5.74, 6) is 2.17. The van der Waals surface area contributed by atoms with Crippen molar-refractivity contribution in [2.75, 3.05) is 59.7 Å². The largest absolute Gasteiger partial charge is 0.491 e. The Morgan fingerprint density at radius 3 is 2.85 bits per heavy atom. The summed E-state index contributed by atoms with van der Waals surface area (Å²) in [7, 11) is 1.61. The topological polar surface area (TPSA) is 115 Å². The maximum Gasteiger partial charge on any atom is 0.260 e. The molecule has 2 aromatic rings. The van der Waals surface area contributed by atoms with Gasteiger partial charge in [0.05, 0.1) is 39.7 Å². The third kappa shape index (κ3) is 4.31. The van der Waals surface area contributed by atoms with E-state index in [0.717, 1.165) is 50.7 Å². The zero-order chi connectivity index (χ0) is 22.8. The lowest BCUT2D eigenvalue weighted by molar-refractivity contribution is 0.0357. The fourth-order valence-electron chi connectivity index (χ4n) is 4.15. The molecule has 0 saturated carbocycles. The summed E-state index contributed by atoms with van der Waals surface area (Å²) < 4.78 is 17.2. The Balaban J connectivity index is 1.40. The van der Waals surface area contributed by atoms with Crippen LogP contribution in [0.25, 0.3) is 0 Å². The number of carbonyl (C=O) groups excluding carboxylic acids is 1. The molecule has 33 heavy (non-hydrogen) atoms. The van der Waals surface area contributed by atoms with Crippen molar-refractivity contribution in [2.24, 2.45) is 15.7 Å². The van der Waals surface area contributed by atoms with Gasteiger partial charge in [0.25, 0.3) is 5.91 Å². The number of thiazole rings is 1. The Hall–Kier alpha value is -3.02. The Bertz CT molecular complexity index is 1110. The van der Waals surface area contributed by atoms with Crippen molar-refractivity contribution in [1.29, 1.82) is 0 Å². The number of carbonyl (C=O) groups is 1. The van der Waals surface area contributed by atoms with Gasteiger partial charge in [-0.25, -0.2) is 9.98 Å². The van der Waals surface area contributed by atoms with Gasteiger partial charge in [-0.3, -0.25) is 14.7 Å². The SMILES string of the molecule is COc1c(OCCCN2CCOCC2)ccc2c1N=C(c1ncc(C(N)=O)s1)N1CCN=C21. The number of primary amides is 1. The Labute approximate surface area is 195 Å². The van der Waals surface area contributed by atoms with E-state index in [4.69, 9.17) is 24.9 Å². The summed E-state index contributed by atoms with van der Waals surface area (Å²) in [5, 5.41) is 0.614. The molecule has 0 unspecified atom stereocenters. The number of benzene rings is 1. The molecule has 2 N–H and O–H groups in total. The molecule has 0 radical (unpaired) electrons. The average molecular weight is 471 g/mol. The van der Waals surface area contributed by atoms with Crippen molar-refractivity contribution in [2.45, 2.75) is 6.42 Å². The first kappa shape index (κ1) is 21.8. The number of nitrogens with two attached hydrogens (primary N) is 1. The third-order valence-electron chi connectivity index (χ3n) is 5.77. The van der Waals surface area contributed by atoms with Crippen LogP contribution in [0.3, 0.4) is 0 Å². The van der Waals surface area contributed by atoms with Crippen molar-refractivity contribution < 1.29 is 19.0 Å². The van der Waals surface area contributed by atoms with Crippen LogP contribution in [0.5, 0.6) is 11.5 Å². The summed E-state index contributed by atoms with van der Waals surface area (Å²) >= 11 is 1.22. The van der Waals surface area contributed by atoms with E-state index in [1.165, 1.54) is 17.5 Å². The molecular formula is C22H26N6O4S. The Kier molecular flexibility index (Phi) is 6.25. The van der Waals surface area contributed by atoms with Gasteiger partial charge in [-0.15, -0.1) is 11.3 Å². The highest BCUT2D eigenvalue weighted by Gasteiger charge is 2.34. The van der Waals surface area contributed by atoms with Gasteiger partial charge in [-0.05, 0) is 18.6 Å². The van der Waals surface area contributed by atoms with Gasteiger partial charge in [-0.2, -0.15) is 0 Å². The lowest BCUT2D eigenvalue weighted by Gasteiger charge is -2.28. The number of methoxy groups -OCH3 is 1. The van der Waals surface area contributed by atoms with Gasteiger partial charge in [0, 0.05) is 31.7 Å². The standard InChI is InChI=1S/C22H26N6O4S/c1-30-18-15(32-10-2-6-27-8-11-31-12-9-27)4-3-14-17(18)26-21(28-7-5-24-20(14)28)22-25-13-16(33-22)19(23)29/h3-4,13H,2,5-12H2,1H3,(H2,23,29). The van der Waals surface area contributed by atoms with Crippen LogP contribution < -0.4 is 15.2 Å². The number of amidine groups is 2. The summed E-state index contributed by atoms with van der Waals surface area (Å²) in [6, 6.07) is 3.89. The first-order valence-electron chi connectivity index (χ1n) is 11.0. The molecule has 1 aromatic carbocycles. The lowest BCUT2D eigenvalue weighted by atomic mass is 10.1. The quantitative estimate of drug-likeness (QED) is 0.582. The predicted octanol–water partition coefficient (Wildman–Crippen LogP) is 1.51. The van der Waals surface area contributed by atoms with Gasteiger partial charge < -0.3 is 24.8 Å². The van der Waals surface area contributed by atoms with Gasteiger partial charge in [0.1, 0.15) is 16.4 Å². The van der Waals surface area contributed by atoms with Crippen molar-refractivity contribution in [1.82, 2.24) is 14.8 Å². The number of fused-ring (bicyclic) bond motifs is 3. The molecule has 0 bridgehead atoms. The highest BCUT2D eigenvalue weighted by atomic mass is 32.1. The minimum absolute atomic E-state index is 0.389. The van der Waals surface area contributed by atoms with Crippen LogP contribution in [0.15, 0.2) is 28.3 Å². The van der Waals surface area contributed by atoms with Crippen molar-refractivity contribution >= 4 is 34.6 Å². The lowest BCUT2D eigenvalue weighted by Crippen LogP contribution is -2.37. The van der Waals surface area contributed by atoms with Crippen molar-refractivity contribution in [3.63, 3.8) is 0 Å². The highest BCUT2D eigenvalue weighted by Crippen LogP contribution is 2.44. The predicted molar refractivity (Wildman–Crippen MR) is 125 cm³/mol. The molecule has 0 atom stereocenters. The van der Waals surface area contributed by atoms with Crippen LogP contribution in [0.4, 0.5) is 5.69 Å². The van der Waals surface area contributed by atoms with Crippen LogP contribution in [-0.2, 0) is 4.74 Å². The molecule has 4 heterocycles. The molecule has 1 amide bonds. The van der Waals surface area contributed by atoms with E-state index in [0.29, 0.717) is 52.6 Å². The second-order valence-corrected chi connectivity index (χ2v) is 8.87. The zero-order valence-electron chi connectivity index (χ0n) is 18.5. The number of aromatic nitrogens is 1. The van der Waals surface area contributed by atoms with E-state index in [2.05, 4.69) is 14.9 Å². The first-order chi connectivity index (χ1) is 16.2. The van der Waals surface area contributed by atoms with Gasteiger partial charge in [-0.1, -0.05) is 0 Å². The molecule has 3 aliphatic rings. The highest BCUT2D eigenvalue weighted by molar-refractivity contribution is 7.15. The van der Waals surface area contributed by atoms with Crippen molar-refractivity contribution in [3.8, 4) is 11.5 Å². The number of nitrogens with zero attached hydrogens (tertiary/aromatic N) is 5. The number of rotatable bonds is 8. The van der Waals surface area contributed by atoms with Gasteiger partial charge in [0.15, 0.2) is 22.3 Å². The second-order valence-electron chi connectivity index (χ2n) is 7.84. The molecule has 5 rings (SSSR count). The molecule has 10 nitrogen and oxygen atoms in total. The third-order valence-corrected chi connectivity index (χ3v) is 6.78. The van der Waals surface area contributed by atoms with Crippen LogP contribution in [0.2, 0.25) is 0 Å². The number of hydrogen-bond acceptors (Lipinski definition) is 10. The van der Waals surface area contributed by atoms with Gasteiger partial charge in [0.2, 0.25) is 0 Å². The molecule has 0 aliphatic carbocycles. The summed E-state index contributed by atoms with van der Waals surface area (Å²) in [6.07, 6.45) is 2.39. The van der Waals surface area contributed by atoms with E-state index in [9.17, 15) is 4.79 Å². The molecule has 1 aromatic heterocycles. The average Bonchev–Trinajstić information content (AvgIpc) is 3.52. The van der Waals surface area contributed by atoms with E-state index >= 15 is 0 Å². The number of hydrogen-bond donors (Lipinski definition) is 1. The molecule has 3 aliphatic heterocycles. The second kappa shape index (κ2) is 9.46. The normalized spacial score (nSPS) is 17.8. The molecule has 1 fully saturated rings. The van der Waals surface area contributed by atoms with Crippen LogP contribution in [0.1, 0.15) is 26.7 Å². The Morgan fingerprint density at radius 2 is 2.09 bits per heavy atom. The smallest absolute Gasteiger partial charge is 0.260 e. The maximum atomic E-state index is 11.6. The summed E-state index contributed by atoms with van der Waals surface area (Å²) in [5.41, 5.74) is 6.97. The molecule has 174 valence electrons. The minimum Gasteiger partial charge on any atom is -0.491 e. The maximum absolute atomic E-state index is 11.6. The monoisotopic (exact) mass is 470 g/mol. The molecule has 1 saturated heterocycles. The number of ether oxygens (including phenoxy) is 3. The molecule has 0 spiro atoms. The number of morpholine rings is 1. The van der Waals surface area contributed by atoms with Crippen LogP contribution >= 0.6 is 11.3 Å². The van der Waals surface area contributed by atoms with Crippen LogP contribution in [0, 0.1) is 0 Å². The van der Waals surface area contributed by atoms with E-state index in [1.807, 2.05) is 17.0 Å². The van der Waals surface area contributed by atoms with E-state index in [-0.39, 0.29) is 0 Å². The molecular weight excluding hydrogens is 444 g/mol. The van der Waals surface area contributed by atoms with Gasteiger partial charge >= 0.3 is 0 Å². The first-order valence-corrected chi connectivity index (χ1v) is 11.8. The summed E-state index contributed by atoms with van der Waals surface area (Å²) in [6.45, 7) is 6.41. The fourth-order valence-corrected chi connectivity index (χ4v) is 4.92. The number of aliphatic imine (C=N–C) groups is 2. The van der Waals surface area contributed by atoms with E-state index < -0.39 is 5.91 Å². The van der Waals surface area contributed by atoms with Crippen LogP contribution in [-0.4, -0.2) is 92.0 Å².